The van der Waals surface area contributed by atoms with Gasteiger partial charge < -0.3 is 19.3 Å². The largest absolute Gasteiger partial charge is 0.379 e. The van der Waals surface area contributed by atoms with Gasteiger partial charge in [-0.15, -0.1) is 0 Å². The van der Waals surface area contributed by atoms with E-state index in [1.807, 2.05) is 0 Å². The van der Waals surface area contributed by atoms with Crippen molar-refractivity contribution in [3.8, 4) is 0 Å². The number of nitrogens with zero attached hydrogens (tertiary/aromatic N) is 2. The minimum Gasteiger partial charge on any atom is -0.379 e. The molecule has 0 radical (unpaired) electrons. The molecule has 2 rings (SSSR count). The molecule has 2 saturated heterocycles. The number of morpholine rings is 2. The maximum Gasteiger partial charge on any atom is 0.0674 e. The smallest absolute Gasteiger partial charge is 0.0674 e. The number of ether oxygens (including phenoxy) is 2. The molecule has 4 nitrogen and oxygen atoms in total. The molecule has 0 aromatic carbocycles. The summed E-state index contributed by atoms with van der Waals surface area (Å²) in [6, 6.07) is 0. The van der Waals surface area contributed by atoms with E-state index in [0.717, 1.165) is 46.0 Å². The molecule has 2 aliphatic rings. The minimum absolute atomic E-state index is 0.439. The van der Waals surface area contributed by atoms with Crippen LogP contribution in [0.2, 0.25) is 0 Å². The van der Waals surface area contributed by atoms with Gasteiger partial charge in [-0.2, -0.15) is 0 Å². The summed E-state index contributed by atoms with van der Waals surface area (Å²) in [5, 5.41) is 0. The van der Waals surface area contributed by atoms with Crippen LogP contribution >= 0.6 is 0 Å². The highest BCUT2D eigenvalue weighted by molar-refractivity contribution is 4.62. The lowest BCUT2D eigenvalue weighted by Gasteiger charge is -2.27. The van der Waals surface area contributed by atoms with Crippen LogP contribution in [0.3, 0.4) is 0 Å². The van der Waals surface area contributed by atoms with E-state index in [0.29, 0.717) is 6.10 Å². The van der Waals surface area contributed by atoms with Crippen molar-refractivity contribution < 1.29 is 9.47 Å². The monoisotopic (exact) mass is 216 g/mol. The standard InChI is InChI=1S/C6H13NO.C5H11NO/c1-6-5-7(2)3-4-8-6;1-6-2-4-7-5-3-6/h6H,3-5H2,1-2H3;2-5H2,1H3. The summed E-state index contributed by atoms with van der Waals surface area (Å²) in [7, 11) is 4.24. The zero-order chi connectivity index (χ0) is 11.1. The molecule has 0 aromatic heterocycles. The Kier molecular flexibility index (Phi) is 6.17. The molecule has 0 amide bonds. The van der Waals surface area contributed by atoms with Gasteiger partial charge in [0.15, 0.2) is 0 Å². The van der Waals surface area contributed by atoms with Gasteiger partial charge in [-0.05, 0) is 21.0 Å². The fraction of sp³-hybridized carbons (Fsp3) is 1.00. The van der Waals surface area contributed by atoms with Crippen LogP contribution in [0.5, 0.6) is 0 Å². The average molecular weight is 216 g/mol. The number of rotatable bonds is 0. The highest BCUT2D eigenvalue weighted by Gasteiger charge is 2.11. The second kappa shape index (κ2) is 7.17. The van der Waals surface area contributed by atoms with E-state index in [9.17, 15) is 0 Å². The van der Waals surface area contributed by atoms with Gasteiger partial charge in [0.1, 0.15) is 0 Å². The molecule has 2 fully saturated rings. The predicted molar refractivity (Wildman–Crippen MR) is 61.2 cm³/mol. The summed E-state index contributed by atoms with van der Waals surface area (Å²) in [6.07, 6.45) is 0.439. The lowest BCUT2D eigenvalue weighted by atomic mass is 10.3. The van der Waals surface area contributed by atoms with Crippen LogP contribution in [-0.4, -0.2) is 76.0 Å². The van der Waals surface area contributed by atoms with Crippen molar-refractivity contribution in [2.24, 2.45) is 0 Å². The van der Waals surface area contributed by atoms with E-state index in [4.69, 9.17) is 9.47 Å². The number of hydrogen-bond acceptors (Lipinski definition) is 4. The third-order valence-corrected chi connectivity index (χ3v) is 2.68. The first-order valence-electron chi connectivity index (χ1n) is 5.75. The Labute approximate surface area is 93.1 Å². The Morgan fingerprint density at radius 3 is 1.87 bits per heavy atom. The molecule has 0 aromatic rings. The van der Waals surface area contributed by atoms with Crippen LogP contribution < -0.4 is 0 Å². The molecule has 1 atom stereocenters. The van der Waals surface area contributed by atoms with Crippen LogP contribution in [0.4, 0.5) is 0 Å². The Hall–Kier alpha value is -0.160. The van der Waals surface area contributed by atoms with Crippen LogP contribution in [0.15, 0.2) is 0 Å². The van der Waals surface area contributed by atoms with Gasteiger partial charge in [0.05, 0.1) is 25.9 Å². The summed E-state index contributed by atoms with van der Waals surface area (Å²) >= 11 is 0. The molecule has 2 aliphatic heterocycles. The highest BCUT2D eigenvalue weighted by Crippen LogP contribution is 1.99. The molecule has 0 N–H and O–H groups in total. The van der Waals surface area contributed by atoms with Crippen molar-refractivity contribution in [1.29, 1.82) is 0 Å². The molecule has 0 saturated carbocycles. The maximum absolute atomic E-state index is 5.31. The SMILES string of the molecule is CC1CN(C)CCO1.CN1CCOCC1. The first-order chi connectivity index (χ1) is 7.18. The van der Waals surface area contributed by atoms with Crippen molar-refractivity contribution in [1.82, 2.24) is 9.80 Å². The van der Waals surface area contributed by atoms with E-state index < -0.39 is 0 Å². The Morgan fingerprint density at radius 2 is 1.53 bits per heavy atom. The van der Waals surface area contributed by atoms with Gasteiger partial charge in [-0.3, -0.25) is 0 Å². The zero-order valence-corrected chi connectivity index (χ0v) is 10.2. The lowest BCUT2D eigenvalue weighted by molar-refractivity contribution is -0.00861. The fourth-order valence-corrected chi connectivity index (χ4v) is 1.65. The van der Waals surface area contributed by atoms with Crippen LogP contribution in [0.25, 0.3) is 0 Å². The summed E-state index contributed by atoms with van der Waals surface area (Å²) < 4.78 is 10.4. The van der Waals surface area contributed by atoms with E-state index in [2.05, 4.69) is 30.8 Å². The molecule has 1 unspecified atom stereocenters. The van der Waals surface area contributed by atoms with E-state index in [1.54, 1.807) is 0 Å². The van der Waals surface area contributed by atoms with Crippen LogP contribution in [-0.2, 0) is 9.47 Å². The second-order valence-electron chi connectivity index (χ2n) is 4.36. The molecular weight excluding hydrogens is 192 g/mol. The van der Waals surface area contributed by atoms with Crippen molar-refractivity contribution in [2.45, 2.75) is 13.0 Å². The van der Waals surface area contributed by atoms with Crippen molar-refractivity contribution in [3.05, 3.63) is 0 Å². The van der Waals surface area contributed by atoms with Gasteiger partial charge in [-0.25, -0.2) is 0 Å². The Bertz CT molecular complexity index is 153. The molecular formula is C11H24N2O2. The van der Waals surface area contributed by atoms with Crippen molar-refractivity contribution in [3.63, 3.8) is 0 Å². The zero-order valence-electron chi connectivity index (χ0n) is 10.2. The van der Waals surface area contributed by atoms with Gasteiger partial charge in [-0.1, -0.05) is 0 Å². The Morgan fingerprint density at radius 1 is 0.933 bits per heavy atom. The summed E-state index contributed by atoms with van der Waals surface area (Å²) in [5.41, 5.74) is 0. The highest BCUT2D eigenvalue weighted by atomic mass is 16.5. The van der Waals surface area contributed by atoms with E-state index in [-0.39, 0.29) is 0 Å². The average Bonchev–Trinajstić information content (AvgIpc) is 2.19. The molecule has 0 bridgehead atoms. The third-order valence-electron chi connectivity index (χ3n) is 2.68. The molecule has 2 heterocycles. The predicted octanol–water partition coefficient (Wildman–Crippen LogP) is 0.285. The van der Waals surface area contributed by atoms with Gasteiger partial charge in [0.2, 0.25) is 0 Å². The van der Waals surface area contributed by atoms with E-state index in [1.165, 1.54) is 0 Å². The second-order valence-corrected chi connectivity index (χ2v) is 4.36. The lowest BCUT2D eigenvalue weighted by Crippen LogP contribution is -2.38. The van der Waals surface area contributed by atoms with Gasteiger partial charge in [0, 0.05) is 26.2 Å². The normalized spacial score (nSPS) is 29.4. The van der Waals surface area contributed by atoms with Crippen molar-refractivity contribution >= 4 is 0 Å². The third kappa shape index (κ3) is 6.10. The topological polar surface area (TPSA) is 24.9 Å². The minimum atomic E-state index is 0.439. The number of hydrogen-bond donors (Lipinski definition) is 0. The number of likely N-dealkylation sites (N-methyl/N-ethyl adjacent to an activating group) is 2. The van der Waals surface area contributed by atoms with Crippen molar-refractivity contribution in [2.75, 3.05) is 60.1 Å². The first-order valence-corrected chi connectivity index (χ1v) is 5.75. The van der Waals surface area contributed by atoms with Crippen LogP contribution in [0.1, 0.15) is 6.92 Å². The summed E-state index contributed by atoms with van der Waals surface area (Å²) in [5.74, 6) is 0. The molecule has 4 heteroatoms. The molecule has 15 heavy (non-hydrogen) atoms. The molecule has 90 valence electrons. The summed E-state index contributed by atoms with van der Waals surface area (Å²) in [4.78, 5) is 4.55. The van der Waals surface area contributed by atoms with Gasteiger partial charge >= 0.3 is 0 Å². The quantitative estimate of drug-likeness (QED) is 0.581. The molecule has 0 aliphatic carbocycles. The molecule has 0 spiro atoms. The summed E-state index contributed by atoms with van der Waals surface area (Å²) in [6.45, 7) is 9.20. The fourth-order valence-electron chi connectivity index (χ4n) is 1.65. The maximum atomic E-state index is 5.31. The van der Waals surface area contributed by atoms with E-state index >= 15 is 0 Å². The van der Waals surface area contributed by atoms with Crippen LogP contribution in [0, 0.1) is 0 Å². The van der Waals surface area contributed by atoms with Gasteiger partial charge in [0.25, 0.3) is 0 Å². The Balaban J connectivity index is 0.000000151. The first kappa shape index (κ1) is 12.9.